The summed E-state index contributed by atoms with van der Waals surface area (Å²) >= 11 is 0. The number of hydrogen-bond donors (Lipinski definition) is 1. The Morgan fingerprint density at radius 2 is 2.06 bits per heavy atom. The monoisotopic (exact) mass is 230 g/mol. The summed E-state index contributed by atoms with van der Waals surface area (Å²) in [6.45, 7) is 3.82. The molecule has 5 nitrogen and oxygen atoms in total. The van der Waals surface area contributed by atoms with Gasteiger partial charge in [0.1, 0.15) is 0 Å². The minimum Gasteiger partial charge on any atom is -0.469 e. The van der Waals surface area contributed by atoms with Gasteiger partial charge in [0.15, 0.2) is 0 Å². The first-order valence-electron chi connectivity index (χ1n) is 5.62. The summed E-state index contributed by atoms with van der Waals surface area (Å²) in [7, 11) is 3.24. The topological polar surface area (TPSA) is 58.6 Å². The summed E-state index contributed by atoms with van der Waals surface area (Å²) in [4.78, 5) is 24.1. The van der Waals surface area contributed by atoms with Crippen LogP contribution in [0.15, 0.2) is 0 Å². The van der Waals surface area contributed by atoms with Crippen molar-refractivity contribution in [3.63, 3.8) is 0 Å². The van der Waals surface area contributed by atoms with E-state index in [2.05, 4.69) is 10.1 Å². The normalized spacial score (nSPS) is 10.2. The standard InChI is InChI=1S/C11H22N2O3/c1-4-7-12-10(14)9-13(2)8-5-6-11(15)16-3/h4-9H2,1-3H3,(H,12,14). The number of ether oxygens (including phenoxy) is 1. The van der Waals surface area contributed by atoms with Crippen molar-refractivity contribution in [1.29, 1.82) is 0 Å². The fourth-order valence-electron chi connectivity index (χ4n) is 1.24. The molecule has 0 bridgehead atoms. The number of esters is 1. The Morgan fingerprint density at radius 3 is 2.62 bits per heavy atom. The quantitative estimate of drug-likeness (QED) is 0.613. The van der Waals surface area contributed by atoms with Crippen LogP contribution in [0.1, 0.15) is 26.2 Å². The molecule has 0 saturated carbocycles. The van der Waals surface area contributed by atoms with Gasteiger partial charge in [0.05, 0.1) is 13.7 Å². The summed E-state index contributed by atoms with van der Waals surface area (Å²) in [6.07, 6.45) is 2.06. The van der Waals surface area contributed by atoms with Crippen molar-refractivity contribution in [2.45, 2.75) is 26.2 Å². The first-order chi connectivity index (χ1) is 7.60. The maximum atomic E-state index is 11.3. The van der Waals surface area contributed by atoms with Gasteiger partial charge in [-0.2, -0.15) is 0 Å². The van der Waals surface area contributed by atoms with Crippen LogP contribution in [0.5, 0.6) is 0 Å². The average Bonchev–Trinajstić information content (AvgIpc) is 2.25. The number of nitrogens with zero attached hydrogens (tertiary/aromatic N) is 1. The molecule has 16 heavy (non-hydrogen) atoms. The van der Waals surface area contributed by atoms with Crippen molar-refractivity contribution < 1.29 is 14.3 Å². The lowest BCUT2D eigenvalue weighted by atomic mass is 10.3. The minimum absolute atomic E-state index is 0.0300. The van der Waals surface area contributed by atoms with E-state index in [4.69, 9.17) is 0 Å². The Hall–Kier alpha value is -1.10. The molecule has 0 fully saturated rings. The average molecular weight is 230 g/mol. The summed E-state index contributed by atoms with van der Waals surface area (Å²) in [6, 6.07) is 0. The number of hydrogen-bond acceptors (Lipinski definition) is 4. The molecule has 0 aromatic rings. The summed E-state index contributed by atoms with van der Waals surface area (Å²) < 4.78 is 4.53. The largest absolute Gasteiger partial charge is 0.469 e. The highest BCUT2D eigenvalue weighted by Gasteiger charge is 2.06. The van der Waals surface area contributed by atoms with E-state index in [1.54, 1.807) is 0 Å². The van der Waals surface area contributed by atoms with Crippen LogP contribution in [0, 0.1) is 0 Å². The van der Waals surface area contributed by atoms with E-state index in [1.807, 2.05) is 18.9 Å². The van der Waals surface area contributed by atoms with Crippen LogP contribution in [0.25, 0.3) is 0 Å². The van der Waals surface area contributed by atoms with Crippen LogP contribution in [-0.2, 0) is 14.3 Å². The second kappa shape index (κ2) is 9.15. The number of nitrogens with one attached hydrogen (secondary N) is 1. The molecule has 0 spiro atoms. The SMILES string of the molecule is CCCNC(=O)CN(C)CCCC(=O)OC. The highest BCUT2D eigenvalue weighted by atomic mass is 16.5. The van der Waals surface area contributed by atoms with Crippen molar-refractivity contribution >= 4 is 11.9 Å². The van der Waals surface area contributed by atoms with E-state index in [-0.39, 0.29) is 11.9 Å². The van der Waals surface area contributed by atoms with Crippen LogP contribution in [0.2, 0.25) is 0 Å². The highest BCUT2D eigenvalue weighted by molar-refractivity contribution is 5.77. The number of methoxy groups -OCH3 is 1. The van der Waals surface area contributed by atoms with E-state index < -0.39 is 0 Å². The highest BCUT2D eigenvalue weighted by Crippen LogP contribution is 1.94. The molecule has 0 saturated heterocycles. The Labute approximate surface area is 97.1 Å². The van der Waals surface area contributed by atoms with Crippen molar-refractivity contribution in [3.05, 3.63) is 0 Å². The molecule has 0 aliphatic rings. The summed E-state index contributed by atoms with van der Waals surface area (Å²) in [5.74, 6) is -0.175. The summed E-state index contributed by atoms with van der Waals surface area (Å²) in [5.41, 5.74) is 0. The molecule has 0 aliphatic heterocycles. The predicted molar refractivity (Wildman–Crippen MR) is 62.0 cm³/mol. The fraction of sp³-hybridized carbons (Fsp3) is 0.818. The molecule has 0 heterocycles. The molecule has 0 unspecified atom stereocenters. The molecule has 0 aromatic heterocycles. The first kappa shape index (κ1) is 14.9. The van der Waals surface area contributed by atoms with Gasteiger partial charge in [0, 0.05) is 13.0 Å². The van der Waals surface area contributed by atoms with Crippen molar-refractivity contribution in [2.24, 2.45) is 0 Å². The van der Waals surface area contributed by atoms with Crippen LogP contribution in [0.3, 0.4) is 0 Å². The lowest BCUT2D eigenvalue weighted by Gasteiger charge is -2.15. The van der Waals surface area contributed by atoms with Gasteiger partial charge in [0.2, 0.25) is 5.91 Å². The van der Waals surface area contributed by atoms with Gasteiger partial charge in [-0.15, -0.1) is 0 Å². The van der Waals surface area contributed by atoms with Gasteiger partial charge >= 0.3 is 5.97 Å². The fourth-order valence-corrected chi connectivity index (χ4v) is 1.24. The number of likely N-dealkylation sites (N-methyl/N-ethyl adjacent to an activating group) is 1. The van der Waals surface area contributed by atoms with E-state index in [0.717, 1.165) is 13.0 Å². The zero-order valence-electron chi connectivity index (χ0n) is 10.4. The summed E-state index contributed by atoms with van der Waals surface area (Å²) in [5, 5.41) is 2.80. The number of rotatable bonds is 8. The molecule has 0 aromatic carbocycles. The molecule has 0 rings (SSSR count). The maximum Gasteiger partial charge on any atom is 0.305 e. The number of carbonyl (C=O) groups excluding carboxylic acids is 2. The van der Waals surface area contributed by atoms with Gasteiger partial charge in [0.25, 0.3) is 0 Å². The third-order valence-electron chi connectivity index (χ3n) is 2.13. The van der Waals surface area contributed by atoms with Crippen LogP contribution >= 0.6 is 0 Å². The van der Waals surface area contributed by atoms with Gasteiger partial charge in [-0.05, 0) is 26.4 Å². The lowest BCUT2D eigenvalue weighted by molar-refractivity contribution is -0.140. The van der Waals surface area contributed by atoms with Crippen molar-refractivity contribution in [1.82, 2.24) is 10.2 Å². The maximum absolute atomic E-state index is 11.3. The number of amides is 1. The van der Waals surface area contributed by atoms with Gasteiger partial charge in [-0.1, -0.05) is 6.92 Å². The van der Waals surface area contributed by atoms with E-state index in [1.165, 1.54) is 7.11 Å². The Morgan fingerprint density at radius 1 is 1.38 bits per heavy atom. The van der Waals surface area contributed by atoms with Gasteiger partial charge in [-0.3, -0.25) is 14.5 Å². The minimum atomic E-state index is -0.205. The van der Waals surface area contributed by atoms with Crippen LogP contribution in [-0.4, -0.2) is 50.6 Å². The van der Waals surface area contributed by atoms with Crippen molar-refractivity contribution in [2.75, 3.05) is 33.8 Å². The van der Waals surface area contributed by atoms with E-state index >= 15 is 0 Å². The second-order valence-electron chi connectivity index (χ2n) is 3.77. The Kier molecular flexibility index (Phi) is 8.52. The molecule has 94 valence electrons. The van der Waals surface area contributed by atoms with Gasteiger partial charge in [-0.25, -0.2) is 0 Å². The zero-order chi connectivity index (χ0) is 12.4. The third-order valence-corrected chi connectivity index (χ3v) is 2.13. The third kappa shape index (κ3) is 8.23. The van der Waals surface area contributed by atoms with Crippen LogP contribution in [0.4, 0.5) is 0 Å². The lowest BCUT2D eigenvalue weighted by Crippen LogP contribution is -2.36. The van der Waals surface area contributed by atoms with E-state index in [9.17, 15) is 9.59 Å². The second-order valence-corrected chi connectivity index (χ2v) is 3.77. The molecule has 1 N–H and O–H groups in total. The molecule has 0 atom stereocenters. The Balaban J connectivity index is 3.53. The Bertz CT molecular complexity index is 219. The van der Waals surface area contributed by atoms with Crippen LogP contribution < -0.4 is 5.32 Å². The zero-order valence-corrected chi connectivity index (χ0v) is 10.4. The molecule has 0 radical (unpaired) electrons. The molecule has 0 aliphatic carbocycles. The van der Waals surface area contributed by atoms with Crippen molar-refractivity contribution in [3.8, 4) is 0 Å². The van der Waals surface area contributed by atoms with E-state index in [0.29, 0.717) is 25.9 Å². The molecular formula is C11H22N2O3. The predicted octanol–water partition coefficient (Wildman–Crippen LogP) is 0.398. The molecular weight excluding hydrogens is 208 g/mol. The molecule has 1 amide bonds. The smallest absolute Gasteiger partial charge is 0.305 e. The van der Waals surface area contributed by atoms with Gasteiger partial charge < -0.3 is 10.1 Å². The number of carbonyl (C=O) groups is 2. The first-order valence-corrected chi connectivity index (χ1v) is 5.62. The molecule has 5 heteroatoms.